The zero-order valence-electron chi connectivity index (χ0n) is 10.6. The number of hydrogen-bond donors (Lipinski definition) is 0. The number of hydrogen-bond acceptors (Lipinski definition) is 3. The normalized spacial score (nSPS) is 12.9. The smallest absolute Gasteiger partial charge is 0.308 e. The maximum atomic E-state index is 11.1. The Kier molecular flexibility index (Phi) is 2.92. The lowest BCUT2D eigenvalue weighted by Gasteiger charge is -2.21. The lowest BCUT2D eigenvalue weighted by molar-refractivity contribution is -0.131. The van der Waals surface area contributed by atoms with Crippen molar-refractivity contribution in [2.75, 3.05) is 6.61 Å². The molecule has 0 amide bonds. The Morgan fingerprint density at radius 1 is 1.24 bits per heavy atom. The summed E-state index contributed by atoms with van der Waals surface area (Å²) in [5.74, 6) is 1.26. The molecule has 0 fully saturated rings. The van der Waals surface area contributed by atoms with E-state index in [4.69, 9.17) is 9.47 Å². The summed E-state index contributed by atoms with van der Waals surface area (Å²) in [6.07, 6.45) is 3.98. The fourth-order valence-electron chi connectivity index (χ4n) is 2.10. The summed E-state index contributed by atoms with van der Waals surface area (Å²) in [4.78, 5) is 11.1. The predicted molar refractivity (Wildman–Crippen MR) is 66.5 cm³/mol. The van der Waals surface area contributed by atoms with E-state index in [-0.39, 0.29) is 5.97 Å². The third-order valence-electron chi connectivity index (χ3n) is 3.09. The van der Waals surface area contributed by atoms with Gasteiger partial charge in [-0.25, -0.2) is 0 Å². The largest absolute Gasteiger partial charge is 0.489 e. The van der Waals surface area contributed by atoms with Gasteiger partial charge >= 0.3 is 5.97 Å². The molecule has 0 aliphatic carbocycles. The summed E-state index contributed by atoms with van der Waals surface area (Å²) in [6, 6.07) is 0. The highest BCUT2D eigenvalue weighted by atomic mass is 16.5. The van der Waals surface area contributed by atoms with Gasteiger partial charge in [0.15, 0.2) is 0 Å². The van der Waals surface area contributed by atoms with Gasteiger partial charge < -0.3 is 9.47 Å². The molecule has 17 heavy (non-hydrogen) atoms. The molecule has 0 atom stereocenters. The third-order valence-corrected chi connectivity index (χ3v) is 3.09. The van der Waals surface area contributed by atoms with Crippen LogP contribution in [0, 0.1) is 20.8 Å². The summed E-state index contributed by atoms with van der Waals surface area (Å²) in [5, 5.41) is 0. The molecule has 1 aliphatic heterocycles. The van der Waals surface area contributed by atoms with Crippen LogP contribution in [0.5, 0.6) is 11.5 Å². The zero-order valence-corrected chi connectivity index (χ0v) is 10.6. The van der Waals surface area contributed by atoms with Crippen LogP contribution in [0.3, 0.4) is 0 Å². The van der Waals surface area contributed by atoms with Crippen LogP contribution in [-0.2, 0) is 4.79 Å². The van der Waals surface area contributed by atoms with Crippen molar-refractivity contribution >= 4 is 12.0 Å². The van der Waals surface area contributed by atoms with Crippen LogP contribution < -0.4 is 9.47 Å². The Morgan fingerprint density at radius 2 is 1.94 bits per heavy atom. The highest BCUT2D eigenvalue weighted by molar-refractivity contribution is 5.75. The van der Waals surface area contributed by atoms with E-state index in [0.29, 0.717) is 12.4 Å². The third kappa shape index (κ3) is 1.93. The van der Waals surface area contributed by atoms with Gasteiger partial charge in [0.1, 0.15) is 18.1 Å². The standard InChI is InChI=1S/C14H16O3/c1-8-9(2)14-12(6-5-7-16-14)10(3)13(8)17-11(4)15/h5-6H,7H2,1-4H3. The number of carbonyl (C=O) groups excluding carboxylic acids is 1. The van der Waals surface area contributed by atoms with Crippen molar-refractivity contribution in [2.45, 2.75) is 27.7 Å². The first-order valence-electron chi connectivity index (χ1n) is 5.64. The topological polar surface area (TPSA) is 35.5 Å². The van der Waals surface area contributed by atoms with Gasteiger partial charge in [0, 0.05) is 18.1 Å². The molecule has 1 aliphatic rings. The summed E-state index contributed by atoms with van der Waals surface area (Å²) in [6.45, 7) is 7.89. The van der Waals surface area contributed by atoms with E-state index < -0.39 is 0 Å². The summed E-state index contributed by atoms with van der Waals surface area (Å²) >= 11 is 0. The minimum absolute atomic E-state index is 0.295. The Labute approximate surface area is 101 Å². The molecule has 0 saturated heterocycles. The molecule has 0 spiro atoms. The monoisotopic (exact) mass is 232 g/mol. The van der Waals surface area contributed by atoms with Crippen molar-refractivity contribution in [2.24, 2.45) is 0 Å². The number of benzene rings is 1. The summed E-state index contributed by atoms with van der Waals surface area (Å²) in [7, 11) is 0. The van der Waals surface area contributed by atoms with Gasteiger partial charge in [0.05, 0.1) is 0 Å². The second-order valence-corrected chi connectivity index (χ2v) is 4.25. The first kappa shape index (κ1) is 11.7. The second kappa shape index (κ2) is 4.24. The van der Waals surface area contributed by atoms with Crippen LogP contribution in [-0.4, -0.2) is 12.6 Å². The van der Waals surface area contributed by atoms with E-state index in [2.05, 4.69) is 0 Å². The maximum Gasteiger partial charge on any atom is 0.308 e. The lowest BCUT2D eigenvalue weighted by atomic mass is 9.96. The summed E-state index contributed by atoms with van der Waals surface area (Å²) < 4.78 is 10.9. The molecule has 0 radical (unpaired) electrons. The molecule has 2 rings (SSSR count). The molecule has 0 saturated carbocycles. The average Bonchev–Trinajstić information content (AvgIpc) is 2.31. The van der Waals surface area contributed by atoms with Crippen molar-refractivity contribution < 1.29 is 14.3 Å². The first-order valence-corrected chi connectivity index (χ1v) is 5.64. The molecule has 0 aromatic heterocycles. The van der Waals surface area contributed by atoms with Gasteiger partial charge in [0.2, 0.25) is 0 Å². The average molecular weight is 232 g/mol. The molecule has 1 aromatic carbocycles. The van der Waals surface area contributed by atoms with Crippen molar-refractivity contribution in [1.29, 1.82) is 0 Å². The molecule has 0 N–H and O–H groups in total. The lowest BCUT2D eigenvalue weighted by Crippen LogP contribution is -2.10. The highest BCUT2D eigenvalue weighted by Crippen LogP contribution is 2.39. The number of carbonyl (C=O) groups is 1. The molecule has 0 unspecified atom stereocenters. The molecule has 3 nitrogen and oxygen atoms in total. The van der Waals surface area contributed by atoms with Gasteiger partial charge in [-0.05, 0) is 38.0 Å². The van der Waals surface area contributed by atoms with Crippen molar-refractivity contribution in [3.8, 4) is 11.5 Å². The van der Waals surface area contributed by atoms with Crippen LogP contribution in [0.4, 0.5) is 0 Å². The highest BCUT2D eigenvalue weighted by Gasteiger charge is 2.20. The van der Waals surface area contributed by atoms with Crippen LogP contribution in [0.1, 0.15) is 29.2 Å². The molecule has 1 heterocycles. The van der Waals surface area contributed by atoms with E-state index in [1.54, 1.807) is 0 Å². The molecule has 90 valence electrons. The Balaban J connectivity index is 2.66. The number of ether oxygens (including phenoxy) is 2. The van der Waals surface area contributed by atoms with Gasteiger partial charge in [-0.3, -0.25) is 4.79 Å². The van der Waals surface area contributed by atoms with Crippen LogP contribution in [0.2, 0.25) is 0 Å². The SMILES string of the molecule is CC(=O)Oc1c(C)c(C)c2c(c1C)C=CCO2. The van der Waals surface area contributed by atoms with Gasteiger partial charge in [-0.15, -0.1) is 0 Å². The molecular formula is C14H16O3. The molecule has 1 aromatic rings. The van der Waals surface area contributed by atoms with Gasteiger partial charge in [0.25, 0.3) is 0 Å². The van der Waals surface area contributed by atoms with Crippen molar-refractivity contribution in [1.82, 2.24) is 0 Å². The number of esters is 1. The first-order chi connectivity index (χ1) is 8.02. The van der Waals surface area contributed by atoms with E-state index >= 15 is 0 Å². The van der Waals surface area contributed by atoms with Crippen molar-refractivity contribution in [3.05, 3.63) is 28.3 Å². The van der Waals surface area contributed by atoms with Crippen LogP contribution >= 0.6 is 0 Å². The van der Waals surface area contributed by atoms with Gasteiger partial charge in [-0.1, -0.05) is 6.08 Å². The number of rotatable bonds is 1. The second-order valence-electron chi connectivity index (χ2n) is 4.25. The van der Waals surface area contributed by atoms with E-state index in [9.17, 15) is 4.79 Å². The minimum atomic E-state index is -0.295. The fourth-order valence-corrected chi connectivity index (χ4v) is 2.10. The van der Waals surface area contributed by atoms with Crippen LogP contribution in [0.15, 0.2) is 6.08 Å². The van der Waals surface area contributed by atoms with Crippen LogP contribution in [0.25, 0.3) is 6.08 Å². The molecule has 3 heteroatoms. The summed E-state index contributed by atoms with van der Waals surface area (Å²) in [5.41, 5.74) is 3.96. The van der Waals surface area contributed by atoms with E-state index in [0.717, 1.165) is 28.0 Å². The maximum absolute atomic E-state index is 11.1. The zero-order chi connectivity index (χ0) is 12.6. The number of fused-ring (bicyclic) bond motifs is 1. The quantitative estimate of drug-likeness (QED) is 0.551. The fraction of sp³-hybridized carbons (Fsp3) is 0.357. The van der Waals surface area contributed by atoms with Crippen molar-refractivity contribution in [3.63, 3.8) is 0 Å². The molecule has 0 bridgehead atoms. The van der Waals surface area contributed by atoms with E-state index in [1.165, 1.54) is 6.92 Å². The Bertz CT molecular complexity index is 513. The molecular weight excluding hydrogens is 216 g/mol. The Morgan fingerprint density at radius 3 is 2.59 bits per heavy atom. The van der Waals surface area contributed by atoms with E-state index in [1.807, 2.05) is 32.9 Å². The Hall–Kier alpha value is -1.77. The van der Waals surface area contributed by atoms with Gasteiger partial charge in [-0.2, -0.15) is 0 Å². The predicted octanol–water partition coefficient (Wildman–Crippen LogP) is 2.94. The minimum Gasteiger partial charge on any atom is -0.489 e.